The summed E-state index contributed by atoms with van der Waals surface area (Å²) < 4.78 is 5.61. The highest BCUT2D eigenvalue weighted by atomic mass is 16.5. The summed E-state index contributed by atoms with van der Waals surface area (Å²) in [6.45, 7) is 5.02. The second-order valence-electron chi connectivity index (χ2n) is 3.89. The smallest absolute Gasteiger partial charge is 0.381 e. The number of carboxylic acids is 1. The van der Waals surface area contributed by atoms with Crippen LogP contribution in [0.25, 0.3) is 0 Å². The van der Waals surface area contributed by atoms with Crippen LogP contribution in [0, 0.1) is 11.8 Å². The van der Waals surface area contributed by atoms with E-state index >= 15 is 0 Å². The molecule has 0 aromatic carbocycles. The van der Waals surface area contributed by atoms with Crippen LogP contribution in [-0.4, -0.2) is 23.8 Å². The molecule has 3 heteroatoms. The predicted molar refractivity (Wildman–Crippen MR) is 64.2 cm³/mol. The Labute approximate surface area is 98.2 Å². The Bertz CT molecular complexity index is 237. The monoisotopic (exact) mass is 226 g/mol. The zero-order valence-corrected chi connectivity index (χ0v) is 10.3. The van der Waals surface area contributed by atoms with Gasteiger partial charge in [0, 0.05) is 18.9 Å². The van der Waals surface area contributed by atoms with Crippen LogP contribution < -0.4 is 0 Å². The van der Waals surface area contributed by atoms with Crippen LogP contribution in [0.2, 0.25) is 0 Å². The summed E-state index contributed by atoms with van der Waals surface area (Å²) in [6, 6.07) is 0. The Kier molecular flexibility index (Phi) is 9.84. The molecule has 0 heterocycles. The third-order valence-corrected chi connectivity index (χ3v) is 2.26. The highest BCUT2D eigenvalue weighted by Crippen LogP contribution is 2.05. The molecule has 0 bridgehead atoms. The van der Waals surface area contributed by atoms with Crippen molar-refractivity contribution in [3.8, 4) is 11.8 Å². The van der Waals surface area contributed by atoms with Crippen molar-refractivity contribution in [2.75, 3.05) is 6.61 Å². The van der Waals surface area contributed by atoms with Crippen LogP contribution in [0.3, 0.4) is 0 Å². The number of hydrogen-bond donors (Lipinski definition) is 1. The molecule has 1 N–H and O–H groups in total. The second-order valence-corrected chi connectivity index (χ2v) is 3.89. The fraction of sp³-hybridized carbons (Fsp3) is 0.769. The van der Waals surface area contributed by atoms with E-state index in [1.165, 1.54) is 12.8 Å². The molecule has 0 rings (SSSR count). The molecule has 0 radical (unpaired) electrons. The number of hydrogen-bond acceptors (Lipinski definition) is 2. The molecule has 0 saturated heterocycles. The van der Waals surface area contributed by atoms with Gasteiger partial charge in [0.15, 0.2) is 0 Å². The van der Waals surface area contributed by atoms with Crippen LogP contribution in [0.1, 0.15) is 52.4 Å². The molecule has 0 fully saturated rings. The van der Waals surface area contributed by atoms with Gasteiger partial charge in [0.2, 0.25) is 0 Å². The van der Waals surface area contributed by atoms with Gasteiger partial charge in [0.1, 0.15) is 0 Å². The molecule has 16 heavy (non-hydrogen) atoms. The molecule has 1 atom stereocenters. The lowest BCUT2D eigenvalue weighted by Gasteiger charge is -2.11. The normalized spacial score (nSPS) is 11.6. The SMILES string of the molecule is CCCCC(C)OCCCCC#CC(=O)O. The van der Waals surface area contributed by atoms with Gasteiger partial charge < -0.3 is 9.84 Å². The summed E-state index contributed by atoms with van der Waals surface area (Å²) in [5.74, 6) is 3.65. The van der Waals surface area contributed by atoms with E-state index in [1.807, 2.05) is 0 Å². The van der Waals surface area contributed by atoms with Gasteiger partial charge in [-0.05, 0) is 26.2 Å². The van der Waals surface area contributed by atoms with E-state index < -0.39 is 5.97 Å². The third-order valence-electron chi connectivity index (χ3n) is 2.26. The predicted octanol–water partition coefficient (Wildman–Crippen LogP) is 2.84. The number of rotatable bonds is 8. The van der Waals surface area contributed by atoms with Gasteiger partial charge >= 0.3 is 5.97 Å². The summed E-state index contributed by atoms with van der Waals surface area (Å²) in [7, 11) is 0. The van der Waals surface area contributed by atoms with Crippen LogP contribution in [-0.2, 0) is 9.53 Å². The molecule has 0 saturated carbocycles. The Balaban J connectivity index is 3.27. The molecule has 1 unspecified atom stereocenters. The van der Waals surface area contributed by atoms with E-state index in [0.717, 1.165) is 25.9 Å². The van der Waals surface area contributed by atoms with Crippen molar-refractivity contribution in [1.29, 1.82) is 0 Å². The van der Waals surface area contributed by atoms with Crippen molar-refractivity contribution in [2.45, 2.75) is 58.5 Å². The molecule has 0 aromatic heterocycles. The summed E-state index contributed by atoms with van der Waals surface area (Å²) in [6.07, 6.45) is 6.37. The van der Waals surface area contributed by atoms with Crippen molar-refractivity contribution >= 4 is 5.97 Å². The largest absolute Gasteiger partial charge is 0.472 e. The quantitative estimate of drug-likeness (QED) is 0.511. The zero-order valence-electron chi connectivity index (χ0n) is 10.3. The van der Waals surface area contributed by atoms with Gasteiger partial charge in [0.25, 0.3) is 0 Å². The fourth-order valence-corrected chi connectivity index (χ4v) is 1.31. The average Bonchev–Trinajstić information content (AvgIpc) is 2.24. The van der Waals surface area contributed by atoms with E-state index in [2.05, 4.69) is 25.7 Å². The lowest BCUT2D eigenvalue weighted by atomic mass is 10.2. The van der Waals surface area contributed by atoms with Crippen molar-refractivity contribution in [3.05, 3.63) is 0 Å². The average molecular weight is 226 g/mol. The van der Waals surface area contributed by atoms with E-state index in [9.17, 15) is 4.79 Å². The molecule has 92 valence electrons. The maximum Gasteiger partial charge on any atom is 0.381 e. The number of carbonyl (C=O) groups is 1. The standard InChI is InChI=1S/C13H22O3/c1-3-4-9-12(2)16-11-8-6-5-7-10-13(14)15/h12H,3-6,8-9,11H2,1-2H3,(H,14,15). The molecule has 0 spiro atoms. The number of unbranched alkanes of at least 4 members (excludes halogenated alkanes) is 3. The Morgan fingerprint density at radius 2 is 2.12 bits per heavy atom. The van der Waals surface area contributed by atoms with Gasteiger partial charge in [-0.15, -0.1) is 0 Å². The van der Waals surface area contributed by atoms with Crippen LogP contribution in [0.4, 0.5) is 0 Å². The zero-order chi connectivity index (χ0) is 12.2. The van der Waals surface area contributed by atoms with Crippen molar-refractivity contribution in [3.63, 3.8) is 0 Å². The Hall–Kier alpha value is -1.01. The summed E-state index contributed by atoms with van der Waals surface area (Å²) in [5, 5.41) is 8.27. The number of carboxylic acid groups (broad SMARTS) is 1. The molecular formula is C13H22O3. The molecule has 0 aliphatic rings. The van der Waals surface area contributed by atoms with Crippen LogP contribution in [0.5, 0.6) is 0 Å². The lowest BCUT2D eigenvalue weighted by molar-refractivity contribution is -0.130. The maximum atomic E-state index is 10.1. The minimum Gasteiger partial charge on any atom is -0.472 e. The molecular weight excluding hydrogens is 204 g/mol. The van der Waals surface area contributed by atoms with Gasteiger partial charge in [0.05, 0.1) is 6.10 Å². The first-order chi connectivity index (χ1) is 7.66. The molecule has 3 nitrogen and oxygen atoms in total. The highest BCUT2D eigenvalue weighted by molar-refractivity contribution is 5.86. The topological polar surface area (TPSA) is 46.5 Å². The van der Waals surface area contributed by atoms with Gasteiger partial charge in [-0.1, -0.05) is 25.7 Å². The van der Waals surface area contributed by atoms with E-state index in [-0.39, 0.29) is 0 Å². The van der Waals surface area contributed by atoms with E-state index in [1.54, 1.807) is 0 Å². The first-order valence-electron chi connectivity index (χ1n) is 6.00. The Morgan fingerprint density at radius 3 is 2.75 bits per heavy atom. The molecule has 0 aromatic rings. The summed E-state index contributed by atoms with van der Waals surface area (Å²) in [5.41, 5.74) is 0. The highest BCUT2D eigenvalue weighted by Gasteiger charge is 2.00. The Morgan fingerprint density at radius 1 is 1.38 bits per heavy atom. The van der Waals surface area contributed by atoms with Gasteiger partial charge in [-0.2, -0.15) is 0 Å². The number of aliphatic carboxylic acids is 1. The number of ether oxygens (including phenoxy) is 1. The van der Waals surface area contributed by atoms with Crippen molar-refractivity contribution < 1.29 is 14.6 Å². The van der Waals surface area contributed by atoms with E-state index in [4.69, 9.17) is 9.84 Å². The molecule has 0 amide bonds. The summed E-state index contributed by atoms with van der Waals surface area (Å²) >= 11 is 0. The third kappa shape index (κ3) is 11.1. The van der Waals surface area contributed by atoms with Crippen molar-refractivity contribution in [1.82, 2.24) is 0 Å². The van der Waals surface area contributed by atoms with Gasteiger partial charge in [-0.25, -0.2) is 4.79 Å². The lowest BCUT2D eigenvalue weighted by Crippen LogP contribution is -2.08. The minimum atomic E-state index is -1.05. The fourth-order valence-electron chi connectivity index (χ4n) is 1.31. The second kappa shape index (κ2) is 10.5. The van der Waals surface area contributed by atoms with Crippen molar-refractivity contribution in [2.24, 2.45) is 0 Å². The van der Waals surface area contributed by atoms with Crippen LogP contribution in [0.15, 0.2) is 0 Å². The maximum absolute atomic E-state index is 10.1. The van der Waals surface area contributed by atoms with Gasteiger partial charge in [-0.3, -0.25) is 0 Å². The summed E-state index contributed by atoms with van der Waals surface area (Å²) in [4.78, 5) is 10.1. The minimum absolute atomic E-state index is 0.338. The molecule has 0 aliphatic carbocycles. The van der Waals surface area contributed by atoms with Crippen LogP contribution >= 0.6 is 0 Å². The first kappa shape index (κ1) is 15.0. The van der Waals surface area contributed by atoms with E-state index in [0.29, 0.717) is 12.5 Å². The molecule has 0 aliphatic heterocycles. The first-order valence-corrected chi connectivity index (χ1v) is 6.00.